The zero-order chi connectivity index (χ0) is 18.9. The summed E-state index contributed by atoms with van der Waals surface area (Å²) < 4.78 is 5.61. The van der Waals surface area contributed by atoms with Crippen LogP contribution in [0.15, 0.2) is 41.8 Å². The van der Waals surface area contributed by atoms with Crippen molar-refractivity contribution in [2.45, 2.75) is 20.3 Å². The number of hydrogen-bond acceptors (Lipinski definition) is 5. The van der Waals surface area contributed by atoms with E-state index in [0.717, 1.165) is 6.42 Å². The summed E-state index contributed by atoms with van der Waals surface area (Å²) in [6.45, 7) is 4.91. The van der Waals surface area contributed by atoms with Crippen LogP contribution in [-0.4, -0.2) is 23.5 Å². The second kappa shape index (κ2) is 9.88. The summed E-state index contributed by atoms with van der Waals surface area (Å²) in [5.41, 5.74) is 5.40. The van der Waals surface area contributed by atoms with Gasteiger partial charge in [-0.15, -0.1) is 11.3 Å². The fourth-order valence-corrected chi connectivity index (χ4v) is 2.67. The summed E-state index contributed by atoms with van der Waals surface area (Å²) in [6.07, 6.45) is 0.973. The molecule has 2 rings (SSSR count). The lowest BCUT2D eigenvalue weighted by molar-refractivity contribution is 0.0935. The summed E-state index contributed by atoms with van der Waals surface area (Å²) in [7, 11) is 0. The third kappa shape index (κ3) is 6.45. The largest absolute Gasteiger partial charge is 0.494 e. The highest BCUT2D eigenvalue weighted by Gasteiger charge is 2.10. The minimum absolute atomic E-state index is 0.0189. The average Bonchev–Trinajstić information content (AvgIpc) is 3.15. The molecule has 0 aliphatic carbocycles. The van der Waals surface area contributed by atoms with E-state index in [9.17, 15) is 9.59 Å². The van der Waals surface area contributed by atoms with Crippen molar-refractivity contribution in [1.82, 2.24) is 16.2 Å². The smallest absolute Gasteiger partial charge is 0.269 e. The Kier molecular flexibility index (Phi) is 7.55. The van der Waals surface area contributed by atoms with E-state index in [2.05, 4.69) is 30.0 Å². The molecular weight excluding hydrogens is 370 g/mol. The van der Waals surface area contributed by atoms with Crippen molar-refractivity contribution in [3.63, 3.8) is 0 Å². The van der Waals surface area contributed by atoms with Crippen molar-refractivity contribution in [3.8, 4) is 5.75 Å². The molecule has 0 fully saturated rings. The van der Waals surface area contributed by atoms with Gasteiger partial charge in [-0.25, -0.2) is 0 Å². The van der Waals surface area contributed by atoms with Crippen LogP contribution in [-0.2, 0) is 0 Å². The molecule has 0 atom stereocenters. The summed E-state index contributed by atoms with van der Waals surface area (Å²) in [4.78, 5) is 24.5. The molecule has 0 saturated heterocycles. The van der Waals surface area contributed by atoms with Gasteiger partial charge in [-0.3, -0.25) is 25.8 Å². The molecule has 0 saturated carbocycles. The van der Waals surface area contributed by atoms with Gasteiger partial charge in [-0.1, -0.05) is 19.9 Å². The molecule has 0 aliphatic heterocycles. The Hall–Kier alpha value is -2.45. The van der Waals surface area contributed by atoms with Crippen molar-refractivity contribution in [2.75, 3.05) is 6.61 Å². The van der Waals surface area contributed by atoms with Gasteiger partial charge in [-0.2, -0.15) is 0 Å². The number of benzene rings is 1. The van der Waals surface area contributed by atoms with Gasteiger partial charge in [0, 0.05) is 5.56 Å². The van der Waals surface area contributed by atoms with Crippen LogP contribution in [0.4, 0.5) is 0 Å². The van der Waals surface area contributed by atoms with Crippen molar-refractivity contribution in [3.05, 3.63) is 52.2 Å². The van der Waals surface area contributed by atoms with E-state index in [4.69, 9.17) is 17.0 Å². The zero-order valence-electron chi connectivity index (χ0n) is 14.6. The van der Waals surface area contributed by atoms with Crippen LogP contribution in [0.3, 0.4) is 0 Å². The Morgan fingerprint density at radius 1 is 1.12 bits per heavy atom. The van der Waals surface area contributed by atoms with Crippen LogP contribution in [0.25, 0.3) is 0 Å². The quantitative estimate of drug-likeness (QED) is 0.521. The van der Waals surface area contributed by atoms with E-state index in [1.54, 1.807) is 41.8 Å². The van der Waals surface area contributed by atoms with Gasteiger partial charge < -0.3 is 4.74 Å². The standard InChI is InChI=1S/C18H21N3O3S2/c1-12(2)9-10-24-14-7-5-13(6-8-14)16(22)20-21-18(25)19-17(23)15-4-3-11-26-15/h3-8,11-12H,9-10H2,1-2H3,(H,20,22)(H2,19,21,23,25). The highest BCUT2D eigenvalue weighted by molar-refractivity contribution is 7.80. The minimum Gasteiger partial charge on any atom is -0.494 e. The third-order valence-corrected chi connectivity index (χ3v) is 4.41. The van der Waals surface area contributed by atoms with Crippen molar-refractivity contribution >= 4 is 40.5 Å². The third-order valence-electron chi connectivity index (χ3n) is 3.34. The average molecular weight is 392 g/mol. The number of rotatable bonds is 6. The Labute approximate surface area is 161 Å². The number of thiocarbonyl (C=S) groups is 1. The van der Waals surface area contributed by atoms with Crippen molar-refractivity contribution in [2.24, 2.45) is 5.92 Å². The van der Waals surface area contributed by atoms with Crippen molar-refractivity contribution in [1.29, 1.82) is 0 Å². The van der Waals surface area contributed by atoms with Crippen LogP contribution in [0, 0.1) is 5.92 Å². The van der Waals surface area contributed by atoms with Gasteiger partial charge in [0.05, 0.1) is 11.5 Å². The van der Waals surface area contributed by atoms with Crippen LogP contribution in [0.1, 0.15) is 40.3 Å². The summed E-state index contributed by atoms with van der Waals surface area (Å²) >= 11 is 6.29. The molecule has 3 N–H and O–H groups in total. The number of carbonyl (C=O) groups is 2. The highest BCUT2D eigenvalue weighted by Crippen LogP contribution is 2.13. The van der Waals surface area contributed by atoms with E-state index in [1.807, 2.05) is 0 Å². The van der Waals surface area contributed by atoms with Gasteiger partial charge in [0.15, 0.2) is 5.11 Å². The highest BCUT2D eigenvalue weighted by atomic mass is 32.1. The van der Waals surface area contributed by atoms with E-state index < -0.39 is 0 Å². The molecule has 0 radical (unpaired) electrons. The Balaban J connectivity index is 1.76. The molecular formula is C18H21N3O3S2. The van der Waals surface area contributed by atoms with Crippen LogP contribution in [0.5, 0.6) is 5.75 Å². The monoisotopic (exact) mass is 391 g/mol. The molecule has 2 amide bonds. The fourth-order valence-electron chi connectivity index (χ4n) is 1.90. The summed E-state index contributed by atoms with van der Waals surface area (Å²) in [6, 6.07) is 10.3. The van der Waals surface area contributed by atoms with E-state index in [0.29, 0.717) is 28.7 Å². The van der Waals surface area contributed by atoms with Gasteiger partial charge in [-0.05, 0) is 60.3 Å². The van der Waals surface area contributed by atoms with E-state index in [-0.39, 0.29) is 16.9 Å². The SMILES string of the molecule is CC(C)CCOc1ccc(C(=O)NNC(=S)NC(=O)c2cccs2)cc1. The molecule has 0 spiro atoms. The van der Waals surface area contributed by atoms with Crippen LogP contribution in [0.2, 0.25) is 0 Å². The second-order valence-electron chi connectivity index (χ2n) is 5.90. The van der Waals surface area contributed by atoms with Gasteiger partial charge in [0.25, 0.3) is 11.8 Å². The molecule has 26 heavy (non-hydrogen) atoms. The van der Waals surface area contributed by atoms with E-state index >= 15 is 0 Å². The molecule has 1 heterocycles. The van der Waals surface area contributed by atoms with Crippen molar-refractivity contribution < 1.29 is 14.3 Å². The number of hydrogen-bond donors (Lipinski definition) is 3. The first-order valence-corrected chi connectivity index (χ1v) is 9.42. The summed E-state index contributed by atoms with van der Waals surface area (Å²) in [5, 5.41) is 4.30. The Morgan fingerprint density at radius 2 is 1.85 bits per heavy atom. The molecule has 8 heteroatoms. The Morgan fingerprint density at radius 3 is 2.46 bits per heavy atom. The second-order valence-corrected chi connectivity index (χ2v) is 7.25. The number of hydrazine groups is 1. The van der Waals surface area contributed by atoms with Gasteiger partial charge >= 0.3 is 0 Å². The fraction of sp³-hybridized carbons (Fsp3) is 0.278. The van der Waals surface area contributed by atoms with E-state index in [1.165, 1.54) is 11.3 Å². The summed E-state index contributed by atoms with van der Waals surface area (Å²) in [5.74, 6) is 0.602. The Bertz CT molecular complexity index is 744. The number of thiophene rings is 1. The van der Waals surface area contributed by atoms with Gasteiger partial charge in [0.1, 0.15) is 5.75 Å². The molecule has 2 aromatic rings. The maximum atomic E-state index is 12.1. The molecule has 138 valence electrons. The lowest BCUT2D eigenvalue weighted by Gasteiger charge is -2.11. The first kappa shape index (κ1) is 19.9. The molecule has 0 bridgehead atoms. The molecule has 0 aliphatic rings. The van der Waals surface area contributed by atoms with Gasteiger partial charge in [0.2, 0.25) is 0 Å². The number of nitrogens with one attached hydrogen (secondary N) is 3. The number of carbonyl (C=O) groups excluding carboxylic acids is 2. The molecule has 6 nitrogen and oxygen atoms in total. The predicted molar refractivity (Wildman–Crippen MR) is 106 cm³/mol. The van der Waals surface area contributed by atoms with Crippen LogP contribution >= 0.6 is 23.6 Å². The van der Waals surface area contributed by atoms with Crippen LogP contribution < -0.4 is 20.9 Å². The normalized spacial score (nSPS) is 10.3. The predicted octanol–water partition coefficient (Wildman–Crippen LogP) is 3.12. The topological polar surface area (TPSA) is 79.5 Å². The lowest BCUT2D eigenvalue weighted by atomic mass is 10.1. The number of ether oxygens (including phenoxy) is 1. The zero-order valence-corrected chi connectivity index (χ0v) is 16.2. The molecule has 1 aromatic heterocycles. The lowest BCUT2D eigenvalue weighted by Crippen LogP contribution is -2.48. The number of amides is 2. The maximum Gasteiger partial charge on any atom is 0.269 e. The maximum absolute atomic E-state index is 12.1. The first-order chi connectivity index (χ1) is 12.5. The molecule has 0 unspecified atom stereocenters. The molecule has 1 aromatic carbocycles. The minimum atomic E-state index is -0.369. The first-order valence-electron chi connectivity index (χ1n) is 8.13.